The van der Waals surface area contributed by atoms with E-state index in [1.54, 1.807) is 7.11 Å². The summed E-state index contributed by atoms with van der Waals surface area (Å²) < 4.78 is 11.5. The van der Waals surface area contributed by atoms with Crippen LogP contribution in [0.2, 0.25) is 0 Å². The van der Waals surface area contributed by atoms with Gasteiger partial charge in [0, 0.05) is 12.5 Å². The van der Waals surface area contributed by atoms with Gasteiger partial charge >= 0.3 is 0 Å². The zero-order valence-corrected chi connectivity index (χ0v) is 14.2. The Morgan fingerprint density at radius 2 is 2.00 bits per heavy atom. The molecule has 0 aliphatic carbocycles. The molecule has 1 N–H and O–H groups in total. The molecule has 4 nitrogen and oxygen atoms in total. The highest BCUT2D eigenvalue weighted by molar-refractivity contribution is 5.49. The highest BCUT2D eigenvalue weighted by Gasteiger charge is 2.27. The smallest absolute Gasteiger partial charge is 0.161 e. The van der Waals surface area contributed by atoms with Crippen LogP contribution in [-0.2, 0) is 6.61 Å². The summed E-state index contributed by atoms with van der Waals surface area (Å²) in [6, 6.07) is 16.3. The van der Waals surface area contributed by atoms with Crippen LogP contribution in [0.15, 0.2) is 72.5 Å². The van der Waals surface area contributed by atoms with E-state index in [0.717, 1.165) is 23.6 Å². The molecule has 2 aromatic rings. The fourth-order valence-corrected chi connectivity index (χ4v) is 3.36. The molecule has 2 aliphatic rings. The van der Waals surface area contributed by atoms with Crippen molar-refractivity contribution in [1.82, 2.24) is 5.32 Å². The fourth-order valence-electron chi connectivity index (χ4n) is 3.36. The summed E-state index contributed by atoms with van der Waals surface area (Å²) in [5, 5.41) is 7.94. The van der Waals surface area contributed by atoms with Crippen molar-refractivity contribution in [3.63, 3.8) is 0 Å². The SMILES string of the molecule is COc1ccc(C2CNC3[N-]C=CC=C32)cc1OCc1ccccc1. The Labute approximate surface area is 148 Å². The summed E-state index contributed by atoms with van der Waals surface area (Å²) in [5.74, 6) is 1.84. The molecule has 0 aromatic heterocycles. The molecule has 4 rings (SSSR count). The van der Waals surface area contributed by atoms with Crippen molar-refractivity contribution >= 4 is 0 Å². The van der Waals surface area contributed by atoms with Crippen LogP contribution in [0.5, 0.6) is 11.5 Å². The van der Waals surface area contributed by atoms with E-state index in [1.807, 2.05) is 36.5 Å². The summed E-state index contributed by atoms with van der Waals surface area (Å²) in [6.45, 7) is 1.40. The lowest BCUT2D eigenvalue weighted by Crippen LogP contribution is -2.20. The van der Waals surface area contributed by atoms with Crippen LogP contribution in [-0.4, -0.2) is 19.8 Å². The van der Waals surface area contributed by atoms with Crippen molar-refractivity contribution < 1.29 is 9.47 Å². The number of nitrogens with one attached hydrogen (secondary N) is 1. The summed E-state index contributed by atoms with van der Waals surface area (Å²) in [7, 11) is 1.67. The van der Waals surface area contributed by atoms with Gasteiger partial charge in [-0.3, -0.25) is 0 Å². The van der Waals surface area contributed by atoms with Gasteiger partial charge in [-0.2, -0.15) is 6.20 Å². The van der Waals surface area contributed by atoms with Gasteiger partial charge in [-0.25, -0.2) is 0 Å². The molecule has 2 aromatic carbocycles. The van der Waals surface area contributed by atoms with Crippen LogP contribution in [0, 0.1) is 0 Å². The Balaban J connectivity index is 1.58. The Morgan fingerprint density at radius 1 is 1.12 bits per heavy atom. The topological polar surface area (TPSA) is 44.6 Å². The molecule has 0 amide bonds. The van der Waals surface area contributed by atoms with Gasteiger partial charge in [0.25, 0.3) is 0 Å². The Bertz CT molecular complexity index is 799. The fraction of sp³-hybridized carbons (Fsp3) is 0.238. The molecule has 1 saturated heterocycles. The van der Waals surface area contributed by atoms with Crippen molar-refractivity contribution in [2.45, 2.75) is 18.7 Å². The van der Waals surface area contributed by atoms with Gasteiger partial charge < -0.3 is 20.1 Å². The van der Waals surface area contributed by atoms with Crippen molar-refractivity contribution in [2.75, 3.05) is 13.7 Å². The standard InChI is InChI=1S/C21H21N2O2/c1-24-19-10-9-16(18-13-23-21-17(18)8-5-11-22-21)12-20(19)25-14-15-6-3-2-4-7-15/h2-12,18,21,23H,13-14H2,1H3/q-1. The molecule has 1 fully saturated rings. The largest absolute Gasteiger partial charge is 0.673 e. The monoisotopic (exact) mass is 333 g/mol. The lowest BCUT2D eigenvalue weighted by molar-refractivity contribution is 0.284. The zero-order chi connectivity index (χ0) is 17.1. The van der Waals surface area contributed by atoms with Gasteiger partial charge in [-0.15, -0.1) is 0 Å². The van der Waals surface area contributed by atoms with Crippen LogP contribution < -0.4 is 14.8 Å². The number of ether oxygens (including phenoxy) is 2. The Morgan fingerprint density at radius 3 is 2.84 bits per heavy atom. The highest BCUT2D eigenvalue weighted by Crippen LogP contribution is 2.39. The summed E-state index contributed by atoms with van der Waals surface area (Å²) in [4.78, 5) is 0. The first-order chi connectivity index (χ1) is 12.3. The second-order valence-corrected chi connectivity index (χ2v) is 6.21. The maximum Gasteiger partial charge on any atom is 0.161 e. The van der Waals surface area contributed by atoms with Gasteiger partial charge in [0.1, 0.15) is 6.61 Å². The van der Waals surface area contributed by atoms with Crippen LogP contribution in [0.25, 0.3) is 5.32 Å². The van der Waals surface area contributed by atoms with Crippen LogP contribution in [0.4, 0.5) is 0 Å². The minimum atomic E-state index is 0.103. The average Bonchev–Trinajstić information content (AvgIpc) is 3.11. The van der Waals surface area contributed by atoms with E-state index >= 15 is 0 Å². The summed E-state index contributed by atoms with van der Waals surface area (Å²) in [5.41, 5.74) is 3.66. The molecule has 4 heteroatoms. The number of methoxy groups -OCH3 is 1. The van der Waals surface area contributed by atoms with E-state index < -0.39 is 0 Å². The predicted octanol–water partition coefficient (Wildman–Crippen LogP) is 4.11. The highest BCUT2D eigenvalue weighted by atomic mass is 16.5. The molecular formula is C21H21N2O2-. The third-order valence-electron chi connectivity index (χ3n) is 4.67. The number of nitrogens with zero attached hydrogens (tertiary/aromatic N) is 1. The molecule has 128 valence electrons. The lowest BCUT2D eigenvalue weighted by atomic mass is 9.91. The van der Waals surface area contributed by atoms with Crippen LogP contribution in [0.3, 0.4) is 0 Å². The maximum atomic E-state index is 6.05. The number of fused-ring (bicyclic) bond motifs is 1. The van der Waals surface area contributed by atoms with E-state index in [1.165, 1.54) is 11.1 Å². The molecule has 2 aliphatic heterocycles. The summed E-state index contributed by atoms with van der Waals surface area (Å²) >= 11 is 0. The van der Waals surface area contributed by atoms with E-state index in [-0.39, 0.29) is 6.17 Å². The van der Waals surface area contributed by atoms with E-state index in [4.69, 9.17) is 9.47 Å². The predicted molar refractivity (Wildman–Crippen MR) is 98.9 cm³/mol. The number of benzene rings is 2. The maximum absolute atomic E-state index is 6.05. The van der Waals surface area contributed by atoms with Crippen molar-refractivity contribution in [3.05, 3.63) is 88.9 Å². The molecule has 0 spiro atoms. The van der Waals surface area contributed by atoms with E-state index in [9.17, 15) is 0 Å². The van der Waals surface area contributed by atoms with Gasteiger partial charge in [0.05, 0.1) is 7.11 Å². The number of hydrogen-bond acceptors (Lipinski definition) is 3. The Kier molecular flexibility index (Phi) is 4.44. The summed E-state index contributed by atoms with van der Waals surface area (Å²) in [6.07, 6.45) is 6.12. The number of allylic oxidation sites excluding steroid dienone is 2. The molecular weight excluding hydrogens is 312 g/mol. The molecule has 0 radical (unpaired) electrons. The number of rotatable bonds is 5. The van der Waals surface area contributed by atoms with Crippen LogP contribution >= 0.6 is 0 Å². The number of hydrogen-bond donors (Lipinski definition) is 1. The molecule has 2 unspecified atom stereocenters. The lowest BCUT2D eigenvalue weighted by Gasteiger charge is -2.30. The third-order valence-corrected chi connectivity index (χ3v) is 4.67. The van der Waals surface area contributed by atoms with Gasteiger partial charge in [0.15, 0.2) is 11.5 Å². The second kappa shape index (κ2) is 7.03. The normalized spacial score (nSPS) is 21.2. The molecule has 2 heterocycles. The molecule has 2 atom stereocenters. The first kappa shape index (κ1) is 15.8. The zero-order valence-electron chi connectivity index (χ0n) is 14.2. The first-order valence-corrected chi connectivity index (χ1v) is 8.50. The van der Waals surface area contributed by atoms with E-state index in [2.05, 4.69) is 41.0 Å². The molecule has 25 heavy (non-hydrogen) atoms. The molecule has 0 saturated carbocycles. The van der Waals surface area contributed by atoms with E-state index in [0.29, 0.717) is 12.5 Å². The van der Waals surface area contributed by atoms with Gasteiger partial charge in [-0.1, -0.05) is 54.1 Å². The first-order valence-electron chi connectivity index (χ1n) is 8.50. The Hall–Kier alpha value is -2.72. The quantitative estimate of drug-likeness (QED) is 0.895. The van der Waals surface area contributed by atoms with Gasteiger partial charge in [-0.05, 0) is 29.4 Å². The minimum absolute atomic E-state index is 0.103. The van der Waals surface area contributed by atoms with Crippen molar-refractivity contribution in [2.24, 2.45) is 0 Å². The van der Waals surface area contributed by atoms with Gasteiger partial charge in [0.2, 0.25) is 0 Å². The molecule has 0 bridgehead atoms. The third kappa shape index (κ3) is 3.26. The average molecular weight is 333 g/mol. The van der Waals surface area contributed by atoms with Crippen molar-refractivity contribution in [3.8, 4) is 11.5 Å². The minimum Gasteiger partial charge on any atom is -0.673 e. The van der Waals surface area contributed by atoms with Crippen LogP contribution in [0.1, 0.15) is 17.0 Å². The van der Waals surface area contributed by atoms with Crippen molar-refractivity contribution in [1.29, 1.82) is 0 Å². The second-order valence-electron chi connectivity index (χ2n) is 6.21.